The highest BCUT2D eigenvalue weighted by atomic mass is 16.4. The molecular formula is C13H12N4O2. The largest absolute Gasteiger partial charge is 0.481 e. The zero-order chi connectivity index (χ0) is 13.4. The van der Waals surface area contributed by atoms with Crippen molar-refractivity contribution in [2.45, 2.75) is 6.42 Å². The lowest BCUT2D eigenvalue weighted by molar-refractivity contribution is -0.136. The summed E-state index contributed by atoms with van der Waals surface area (Å²) in [6.07, 6.45) is 3.33. The van der Waals surface area contributed by atoms with E-state index in [1.807, 2.05) is 18.2 Å². The molecule has 0 aliphatic rings. The maximum Gasteiger partial charge on any atom is 0.307 e. The minimum atomic E-state index is -0.864. The third kappa shape index (κ3) is 2.08. The molecule has 0 spiro atoms. The molecule has 6 heteroatoms. The molecule has 0 aliphatic heterocycles. The van der Waals surface area contributed by atoms with Gasteiger partial charge < -0.3 is 10.1 Å². The molecule has 0 unspecified atom stereocenters. The maximum absolute atomic E-state index is 10.9. The molecule has 6 nitrogen and oxygen atoms in total. The van der Waals surface area contributed by atoms with E-state index in [1.54, 1.807) is 24.3 Å². The quantitative estimate of drug-likeness (QED) is 0.745. The van der Waals surface area contributed by atoms with E-state index in [0.29, 0.717) is 11.3 Å². The van der Waals surface area contributed by atoms with Crippen LogP contribution in [0, 0.1) is 0 Å². The summed E-state index contributed by atoms with van der Waals surface area (Å²) in [5.41, 5.74) is 4.06. The van der Waals surface area contributed by atoms with E-state index >= 15 is 0 Å². The van der Waals surface area contributed by atoms with Gasteiger partial charge in [0.05, 0.1) is 29.5 Å². The number of imidazole rings is 1. The molecule has 96 valence electrons. The number of carbonyl (C=O) groups is 1. The predicted octanol–water partition coefficient (Wildman–Crippen LogP) is 1.59. The van der Waals surface area contributed by atoms with E-state index in [-0.39, 0.29) is 6.42 Å². The summed E-state index contributed by atoms with van der Waals surface area (Å²) in [5.74, 6) is -0.864. The number of rotatable bonds is 3. The highest BCUT2D eigenvalue weighted by Gasteiger charge is 2.13. The Morgan fingerprint density at radius 2 is 2.32 bits per heavy atom. The Morgan fingerprint density at radius 3 is 3.11 bits per heavy atom. The topological polar surface area (TPSA) is 83.8 Å². The second kappa shape index (κ2) is 4.24. The van der Waals surface area contributed by atoms with Crippen LogP contribution in [0.1, 0.15) is 5.56 Å². The van der Waals surface area contributed by atoms with E-state index < -0.39 is 5.97 Å². The van der Waals surface area contributed by atoms with Crippen LogP contribution in [-0.2, 0) is 18.3 Å². The molecule has 3 aromatic rings. The summed E-state index contributed by atoms with van der Waals surface area (Å²) < 4.78 is 1.63. The number of fused-ring (bicyclic) bond motifs is 1. The molecule has 0 bridgehead atoms. The van der Waals surface area contributed by atoms with Gasteiger partial charge in [0, 0.05) is 24.4 Å². The first-order valence-corrected chi connectivity index (χ1v) is 5.81. The number of aryl methyl sites for hydroxylation is 1. The zero-order valence-electron chi connectivity index (χ0n) is 10.3. The van der Waals surface area contributed by atoms with Gasteiger partial charge >= 0.3 is 5.97 Å². The molecule has 1 aromatic carbocycles. The minimum Gasteiger partial charge on any atom is -0.481 e. The Bertz CT molecular complexity index is 757. The van der Waals surface area contributed by atoms with Gasteiger partial charge in [0.2, 0.25) is 0 Å². The molecule has 3 rings (SSSR count). The smallest absolute Gasteiger partial charge is 0.307 e. The van der Waals surface area contributed by atoms with Crippen LogP contribution >= 0.6 is 0 Å². The number of aromatic nitrogens is 4. The Kier molecular flexibility index (Phi) is 2.56. The molecular weight excluding hydrogens is 244 g/mol. The van der Waals surface area contributed by atoms with Gasteiger partial charge in [0.15, 0.2) is 0 Å². The number of nitrogens with zero attached hydrogens (tertiary/aromatic N) is 3. The van der Waals surface area contributed by atoms with Crippen LogP contribution in [0.5, 0.6) is 0 Å². The van der Waals surface area contributed by atoms with E-state index in [1.165, 1.54) is 0 Å². The lowest BCUT2D eigenvalue weighted by Gasteiger charge is -2.00. The number of H-pyrrole nitrogens is 1. The van der Waals surface area contributed by atoms with Crippen molar-refractivity contribution in [3.05, 3.63) is 36.3 Å². The summed E-state index contributed by atoms with van der Waals surface area (Å²) in [6, 6.07) is 5.72. The van der Waals surface area contributed by atoms with Crippen LogP contribution in [0.2, 0.25) is 0 Å². The lowest BCUT2D eigenvalue weighted by atomic mass is 10.1. The summed E-state index contributed by atoms with van der Waals surface area (Å²) in [6.45, 7) is 0. The first-order chi connectivity index (χ1) is 9.13. The minimum absolute atomic E-state index is 0.0375. The van der Waals surface area contributed by atoms with Crippen molar-refractivity contribution >= 4 is 17.0 Å². The Hall–Kier alpha value is -2.63. The fraction of sp³-hybridized carbons (Fsp3) is 0.154. The normalized spacial score (nSPS) is 11.0. The Balaban J connectivity index is 2.11. The van der Waals surface area contributed by atoms with Crippen molar-refractivity contribution in [3.8, 4) is 11.3 Å². The monoisotopic (exact) mass is 256 g/mol. The average Bonchev–Trinajstić information content (AvgIpc) is 2.93. The van der Waals surface area contributed by atoms with Gasteiger partial charge in [0.25, 0.3) is 0 Å². The lowest BCUT2D eigenvalue weighted by Crippen LogP contribution is -2.00. The summed E-state index contributed by atoms with van der Waals surface area (Å²) in [4.78, 5) is 18.1. The molecule has 0 atom stereocenters. The van der Waals surface area contributed by atoms with Crippen LogP contribution < -0.4 is 0 Å². The molecule has 19 heavy (non-hydrogen) atoms. The fourth-order valence-corrected chi connectivity index (χ4v) is 2.16. The first-order valence-electron chi connectivity index (χ1n) is 5.81. The van der Waals surface area contributed by atoms with Crippen molar-refractivity contribution in [1.82, 2.24) is 19.7 Å². The first kappa shape index (κ1) is 11.5. The molecule has 2 N–H and O–H groups in total. The number of benzene rings is 1. The zero-order valence-corrected chi connectivity index (χ0v) is 10.3. The van der Waals surface area contributed by atoms with Crippen molar-refractivity contribution in [3.63, 3.8) is 0 Å². The predicted molar refractivity (Wildman–Crippen MR) is 69.6 cm³/mol. The van der Waals surface area contributed by atoms with Gasteiger partial charge in [0.1, 0.15) is 0 Å². The van der Waals surface area contributed by atoms with Crippen molar-refractivity contribution in [2.75, 3.05) is 0 Å². The van der Waals surface area contributed by atoms with Gasteiger partial charge in [-0.3, -0.25) is 9.48 Å². The van der Waals surface area contributed by atoms with E-state index in [9.17, 15) is 4.79 Å². The molecule has 2 heterocycles. The third-order valence-electron chi connectivity index (χ3n) is 2.94. The van der Waals surface area contributed by atoms with Crippen LogP contribution in [0.3, 0.4) is 0 Å². The standard InChI is InChI=1S/C13H12N4O2/c1-17-6-9(5-12(18)19)13(16-17)8-2-3-10-11(4-8)15-7-14-10/h2-4,6-7H,5H2,1H3,(H,14,15)(H,18,19). The maximum atomic E-state index is 10.9. The number of nitrogens with one attached hydrogen (secondary N) is 1. The number of aliphatic carboxylic acids is 1. The second-order valence-corrected chi connectivity index (χ2v) is 4.38. The van der Waals surface area contributed by atoms with Crippen molar-refractivity contribution < 1.29 is 9.90 Å². The Morgan fingerprint density at radius 1 is 1.47 bits per heavy atom. The van der Waals surface area contributed by atoms with Crippen LogP contribution in [0.25, 0.3) is 22.3 Å². The van der Waals surface area contributed by atoms with E-state index in [4.69, 9.17) is 5.11 Å². The van der Waals surface area contributed by atoms with E-state index in [0.717, 1.165) is 16.6 Å². The molecule has 0 fully saturated rings. The Labute approximate surface area is 108 Å². The molecule has 0 saturated carbocycles. The molecule has 0 aliphatic carbocycles. The molecule has 0 amide bonds. The SMILES string of the molecule is Cn1cc(CC(=O)O)c(-c2ccc3nc[nH]c3c2)n1. The van der Waals surface area contributed by atoms with Gasteiger partial charge in [-0.05, 0) is 12.1 Å². The number of hydrogen-bond donors (Lipinski definition) is 2. The number of aromatic amines is 1. The molecule has 0 radical (unpaired) electrons. The summed E-state index contributed by atoms with van der Waals surface area (Å²) in [7, 11) is 1.78. The summed E-state index contributed by atoms with van der Waals surface area (Å²) >= 11 is 0. The average molecular weight is 256 g/mol. The van der Waals surface area contributed by atoms with Crippen LogP contribution in [0.15, 0.2) is 30.7 Å². The van der Waals surface area contributed by atoms with Gasteiger partial charge in [-0.2, -0.15) is 5.10 Å². The fourth-order valence-electron chi connectivity index (χ4n) is 2.16. The highest BCUT2D eigenvalue weighted by molar-refractivity contribution is 5.82. The molecule has 0 saturated heterocycles. The molecule has 2 aromatic heterocycles. The van der Waals surface area contributed by atoms with Crippen molar-refractivity contribution in [2.24, 2.45) is 7.05 Å². The van der Waals surface area contributed by atoms with Gasteiger partial charge in [-0.1, -0.05) is 6.07 Å². The van der Waals surface area contributed by atoms with Gasteiger partial charge in [-0.15, -0.1) is 0 Å². The van der Waals surface area contributed by atoms with Crippen LogP contribution in [0.4, 0.5) is 0 Å². The van der Waals surface area contributed by atoms with Gasteiger partial charge in [-0.25, -0.2) is 4.98 Å². The van der Waals surface area contributed by atoms with Crippen LogP contribution in [-0.4, -0.2) is 30.8 Å². The highest BCUT2D eigenvalue weighted by Crippen LogP contribution is 2.25. The number of carboxylic acids is 1. The number of carboxylic acid groups (broad SMARTS) is 1. The number of hydrogen-bond acceptors (Lipinski definition) is 3. The summed E-state index contributed by atoms with van der Waals surface area (Å²) in [5, 5.41) is 13.3. The van der Waals surface area contributed by atoms with Crippen molar-refractivity contribution in [1.29, 1.82) is 0 Å². The third-order valence-corrected chi connectivity index (χ3v) is 2.94. The second-order valence-electron chi connectivity index (χ2n) is 4.38. The van der Waals surface area contributed by atoms with E-state index in [2.05, 4.69) is 15.1 Å².